The van der Waals surface area contributed by atoms with Crippen LogP contribution in [0.2, 0.25) is 0 Å². The van der Waals surface area contributed by atoms with Gasteiger partial charge in [0.25, 0.3) is 0 Å². The lowest BCUT2D eigenvalue weighted by Gasteiger charge is -2.06. The third-order valence-electron chi connectivity index (χ3n) is 1.49. The van der Waals surface area contributed by atoms with Crippen LogP contribution in [0.5, 0.6) is 0 Å². The second-order valence-corrected chi connectivity index (χ2v) is 3.42. The Morgan fingerprint density at radius 3 is 2.40 bits per heavy atom. The topological polar surface area (TPSA) is 26.0 Å². The molecule has 0 aliphatic heterocycles. The van der Waals surface area contributed by atoms with Gasteiger partial charge in [-0.15, -0.1) is 9.24 Å². The second kappa shape index (κ2) is 3.03. The van der Waals surface area contributed by atoms with Crippen LogP contribution in [-0.2, 0) is 0 Å². The first-order chi connectivity index (χ1) is 4.72. The number of nitrogens with two attached hydrogens (primary N) is 1. The van der Waals surface area contributed by atoms with E-state index in [4.69, 9.17) is 5.73 Å². The van der Waals surface area contributed by atoms with E-state index < -0.39 is 0 Å². The van der Waals surface area contributed by atoms with Gasteiger partial charge in [-0.25, -0.2) is 0 Å². The normalized spacial score (nSPS) is 13.0. The minimum atomic E-state index is 0.446. The average Bonchev–Trinajstić information content (AvgIpc) is 1.88. The zero-order valence-corrected chi connectivity index (χ0v) is 7.20. The van der Waals surface area contributed by atoms with E-state index in [2.05, 4.69) is 16.2 Å². The molecule has 0 aliphatic carbocycles. The number of hydrogen-bond acceptors (Lipinski definition) is 1. The standard InChI is InChI=1S/C8H12NP/c1-6(10)7-4-2-3-5-8(7)9/h2-6H,9-10H2,1H3. The van der Waals surface area contributed by atoms with Crippen LogP contribution in [-0.4, -0.2) is 0 Å². The Morgan fingerprint density at radius 1 is 1.40 bits per heavy atom. The van der Waals surface area contributed by atoms with Gasteiger partial charge in [-0.1, -0.05) is 25.1 Å². The molecule has 0 amide bonds. The summed E-state index contributed by atoms with van der Waals surface area (Å²) in [5.74, 6) is 0. The molecule has 54 valence electrons. The molecular weight excluding hydrogens is 141 g/mol. The molecule has 0 saturated heterocycles. The van der Waals surface area contributed by atoms with Crippen molar-refractivity contribution in [1.82, 2.24) is 0 Å². The Balaban J connectivity index is 3.03. The van der Waals surface area contributed by atoms with Crippen molar-refractivity contribution in [3.63, 3.8) is 0 Å². The smallest absolute Gasteiger partial charge is 0.0352 e. The summed E-state index contributed by atoms with van der Waals surface area (Å²) in [5.41, 5.74) is 8.23. The van der Waals surface area contributed by atoms with Gasteiger partial charge >= 0.3 is 0 Å². The van der Waals surface area contributed by atoms with Crippen LogP contribution >= 0.6 is 9.24 Å². The first-order valence-electron chi connectivity index (χ1n) is 3.32. The maximum Gasteiger partial charge on any atom is 0.0352 e. The number of hydrogen-bond donors (Lipinski definition) is 1. The lowest BCUT2D eigenvalue weighted by Crippen LogP contribution is -1.92. The molecule has 0 fully saturated rings. The number of nitrogen functional groups attached to an aromatic ring is 1. The van der Waals surface area contributed by atoms with Crippen molar-refractivity contribution in [3.8, 4) is 0 Å². The van der Waals surface area contributed by atoms with Crippen LogP contribution in [0.15, 0.2) is 24.3 Å². The van der Waals surface area contributed by atoms with Crippen molar-refractivity contribution in [2.75, 3.05) is 5.73 Å². The number of rotatable bonds is 1. The maximum atomic E-state index is 5.71. The highest BCUT2D eigenvalue weighted by Gasteiger charge is 2.00. The summed E-state index contributed by atoms with van der Waals surface area (Å²) in [6.07, 6.45) is 0. The highest BCUT2D eigenvalue weighted by atomic mass is 31.0. The fourth-order valence-corrected chi connectivity index (χ4v) is 1.23. The molecule has 1 rings (SSSR count). The molecule has 0 radical (unpaired) electrons. The van der Waals surface area contributed by atoms with Crippen molar-refractivity contribution < 1.29 is 0 Å². The molecule has 2 unspecified atom stereocenters. The van der Waals surface area contributed by atoms with E-state index in [1.165, 1.54) is 5.56 Å². The van der Waals surface area contributed by atoms with Gasteiger partial charge in [0.15, 0.2) is 0 Å². The zero-order chi connectivity index (χ0) is 7.56. The van der Waals surface area contributed by atoms with Gasteiger partial charge in [-0.3, -0.25) is 0 Å². The summed E-state index contributed by atoms with van der Waals surface area (Å²) in [6.45, 7) is 2.11. The van der Waals surface area contributed by atoms with Crippen molar-refractivity contribution in [2.45, 2.75) is 12.6 Å². The molecule has 0 bridgehead atoms. The van der Waals surface area contributed by atoms with Crippen LogP contribution in [0.1, 0.15) is 18.1 Å². The van der Waals surface area contributed by atoms with Gasteiger partial charge in [-0.05, 0) is 17.3 Å². The fraction of sp³-hybridized carbons (Fsp3) is 0.250. The van der Waals surface area contributed by atoms with Crippen molar-refractivity contribution >= 4 is 14.9 Å². The van der Waals surface area contributed by atoms with Crippen LogP contribution in [0.25, 0.3) is 0 Å². The molecule has 0 heterocycles. The molecule has 2 heteroatoms. The molecule has 0 aromatic heterocycles. The molecule has 2 atom stereocenters. The third-order valence-corrected chi connectivity index (χ3v) is 1.85. The maximum absolute atomic E-state index is 5.71. The molecule has 10 heavy (non-hydrogen) atoms. The summed E-state index contributed by atoms with van der Waals surface area (Å²) in [6, 6.07) is 7.93. The van der Waals surface area contributed by atoms with Crippen molar-refractivity contribution in [2.24, 2.45) is 0 Å². The van der Waals surface area contributed by atoms with Crippen molar-refractivity contribution in [1.29, 1.82) is 0 Å². The number of benzene rings is 1. The third kappa shape index (κ3) is 1.48. The van der Waals surface area contributed by atoms with Crippen LogP contribution < -0.4 is 5.73 Å². The van der Waals surface area contributed by atoms with Crippen molar-refractivity contribution in [3.05, 3.63) is 29.8 Å². The largest absolute Gasteiger partial charge is 0.398 e. The van der Waals surface area contributed by atoms with Gasteiger partial charge in [0.05, 0.1) is 0 Å². The fourth-order valence-electron chi connectivity index (χ4n) is 0.926. The van der Waals surface area contributed by atoms with E-state index in [0.717, 1.165) is 5.69 Å². The van der Waals surface area contributed by atoms with E-state index in [9.17, 15) is 0 Å². The molecule has 0 saturated carbocycles. The van der Waals surface area contributed by atoms with E-state index in [1.807, 2.05) is 24.3 Å². The summed E-state index contributed by atoms with van der Waals surface area (Å²) in [4.78, 5) is 0. The summed E-state index contributed by atoms with van der Waals surface area (Å²) < 4.78 is 0. The molecule has 1 aromatic carbocycles. The molecule has 1 nitrogen and oxygen atoms in total. The Bertz CT molecular complexity index is 220. The lowest BCUT2D eigenvalue weighted by molar-refractivity contribution is 1.11. The van der Waals surface area contributed by atoms with Gasteiger partial charge in [0, 0.05) is 5.69 Å². The predicted octanol–water partition coefficient (Wildman–Crippen LogP) is 2.20. The van der Waals surface area contributed by atoms with E-state index in [0.29, 0.717) is 5.66 Å². The molecule has 2 N–H and O–H groups in total. The van der Waals surface area contributed by atoms with Gasteiger partial charge in [0.2, 0.25) is 0 Å². The van der Waals surface area contributed by atoms with E-state index >= 15 is 0 Å². The highest BCUT2D eigenvalue weighted by molar-refractivity contribution is 7.17. The first-order valence-corrected chi connectivity index (χ1v) is 3.98. The summed E-state index contributed by atoms with van der Waals surface area (Å²) in [5, 5.41) is 0. The summed E-state index contributed by atoms with van der Waals surface area (Å²) in [7, 11) is 2.73. The lowest BCUT2D eigenvalue weighted by atomic mass is 10.1. The minimum absolute atomic E-state index is 0.446. The molecule has 0 spiro atoms. The molecule has 1 aromatic rings. The van der Waals surface area contributed by atoms with Gasteiger partial charge in [-0.2, -0.15) is 0 Å². The Labute approximate surface area is 63.8 Å². The number of para-hydroxylation sites is 1. The van der Waals surface area contributed by atoms with Crippen LogP contribution in [0.4, 0.5) is 5.69 Å². The van der Waals surface area contributed by atoms with Gasteiger partial charge < -0.3 is 5.73 Å². The average molecular weight is 153 g/mol. The van der Waals surface area contributed by atoms with E-state index in [1.54, 1.807) is 0 Å². The second-order valence-electron chi connectivity index (χ2n) is 2.42. The monoisotopic (exact) mass is 153 g/mol. The molecular formula is C8H12NP. The Kier molecular flexibility index (Phi) is 2.29. The number of anilines is 1. The van der Waals surface area contributed by atoms with Crippen LogP contribution in [0.3, 0.4) is 0 Å². The zero-order valence-electron chi connectivity index (χ0n) is 6.04. The van der Waals surface area contributed by atoms with E-state index in [-0.39, 0.29) is 0 Å². The van der Waals surface area contributed by atoms with Gasteiger partial charge in [0.1, 0.15) is 0 Å². The highest BCUT2D eigenvalue weighted by Crippen LogP contribution is 2.26. The Hall–Kier alpha value is -0.550. The minimum Gasteiger partial charge on any atom is -0.398 e. The first kappa shape index (κ1) is 7.56. The quantitative estimate of drug-likeness (QED) is 0.485. The van der Waals surface area contributed by atoms with Crippen LogP contribution in [0, 0.1) is 0 Å². The molecule has 0 aliphatic rings. The summed E-state index contributed by atoms with van der Waals surface area (Å²) >= 11 is 0. The Morgan fingerprint density at radius 2 is 2.00 bits per heavy atom. The predicted molar refractivity (Wildman–Crippen MR) is 49.0 cm³/mol. The SMILES string of the molecule is CC(P)c1ccccc1N.